The second-order valence-electron chi connectivity index (χ2n) is 7.21. The molecule has 1 aliphatic carbocycles. The highest BCUT2D eigenvalue weighted by molar-refractivity contribution is 6.33. The molecule has 3 aromatic rings. The first-order valence-electron chi connectivity index (χ1n) is 8.84. The second kappa shape index (κ2) is 5.85. The zero-order chi connectivity index (χ0) is 18.7. The number of hydrogen-bond acceptors (Lipinski definition) is 4. The summed E-state index contributed by atoms with van der Waals surface area (Å²) in [6, 6.07) is 10.0. The third-order valence-electron chi connectivity index (χ3n) is 5.68. The maximum absolute atomic E-state index is 10.8. The Labute approximate surface area is 160 Å². The lowest BCUT2D eigenvalue weighted by Gasteiger charge is -2.21. The van der Waals surface area contributed by atoms with Gasteiger partial charge in [-0.1, -0.05) is 23.7 Å². The van der Waals surface area contributed by atoms with Gasteiger partial charge in [-0.15, -0.1) is 0 Å². The zero-order valence-corrected chi connectivity index (χ0v) is 15.4. The monoisotopic (exact) mass is 383 g/mol. The smallest absolute Gasteiger partial charge is 0.404 e. The van der Waals surface area contributed by atoms with Crippen LogP contribution in [0, 0.1) is 11.8 Å². The summed E-state index contributed by atoms with van der Waals surface area (Å²) in [7, 11) is 1.98. The van der Waals surface area contributed by atoms with Crippen LogP contribution in [0.15, 0.2) is 36.5 Å². The number of hydrogen-bond donors (Lipinski definition) is 2. The first kappa shape index (κ1) is 16.4. The van der Waals surface area contributed by atoms with Crippen molar-refractivity contribution in [1.82, 2.24) is 19.9 Å². The number of rotatable bonds is 3. The van der Waals surface area contributed by atoms with Crippen molar-refractivity contribution in [1.29, 1.82) is 0 Å². The van der Waals surface area contributed by atoms with Crippen LogP contribution in [-0.2, 0) is 7.05 Å². The molecule has 2 N–H and O–H groups in total. The predicted molar refractivity (Wildman–Crippen MR) is 103 cm³/mol. The first-order chi connectivity index (χ1) is 13.0. The van der Waals surface area contributed by atoms with Crippen LogP contribution in [0.25, 0.3) is 22.4 Å². The van der Waals surface area contributed by atoms with E-state index in [1.165, 1.54) is 0 Å². The Hall–Kier alpha value is -2.80. The first-order valence-corrected chi connectivity index (χ1v) is 9.22. The van der Waals surface area contributed by atoms with E-state index >= 15 is 0 Å². The number of nitrogens with zero attached hydrogens (tertiary/aromatic N) is 4. The highest BCUT2D eigenvalue weighted by Gasteiger charge is 2.56. The van der Waals surface area contributed by atoms with Crippen molar-refractivity contribution in [3.05, 3.63) is 41.6 Å². The molecular formula is C19H18ClN5O2. The minimum absolute atomic E-state index is 0.0744. The summed E-state index contributed by atoms with van der Waals surface area (Å²) < 4.78 is 2.04. The van der Waals surface area contributed by atoms with Crippen molar-refractivity contribution in [2.45, 2.75) is 6.04 Å². The lowest BCUT2D eigenvalue weighted by Crippen LogP contribution is -2.34. The SMILES string of the molecule is Cn1c(-c2cc(N3C[C@@H]4[C@H](C3)[C@H]4NC(=O)O)ncc2Cl)nc2ccccc21. The highest BCUT2D eigenvalue weighted by atomic mass is 35.5. The van der Waals surface area contributed by atoms with Gasteiger partial charge in [0.2, 0.25) is 0 Å². The van der Waals surface area contributed by atoms with Gasteiger partial charge in [-0.2, -0.15) is 0 Å². The summed E-state index contributed by atoms with van der Waals surface area (Å²) in [5.74, 6) is 2.37. The van der Waals surface area contributed by atoms with E-state index in [1.807, 2.05) is 41.9 Å². The van der Waals surface area contributed by atoms with Gasteiger partial charge in [-0.3, -0.25) is 0 Å². The Morgan fingerprint density at radius 2 is 2.04 bits per heavy atom. The molecule has 1 amide bonds. The van der Waals surface area contributed by atoms with E-state index in [0.717, 1.165) is 41.3 Å². The summed E-state index contributed by atoms with van der Waals surface area (Å²) in [5, 5.41) is 12.0. The molecule has 1 aromatic carbocycles. The largest absolute Gasteiger partial charge is 0.465 e. The average molecular weight is 384 g/mol. The van der Waals surface area contributed by atoms with Crippen molar-refractivity contribution >= 4 is 34.5 Å². The topological polar surface area (TPSA) is 83.3 Å². The normalized spacial score (nSPS) is 23.5. The van der Waals surface area contributed by atoms with E-state index in [2.05, 4.69) is 15.2 Å². The Bertz CT molecular complexity index is 1050. The van der Waals surface area contributed by atoms with Gasteiger partial charge in [-0.05, 0) is 18.2 Å². The quantitative estimate of drug-likeness (QED) is 0.726. The number of amides is 1. The molecule has 0 unspecified atom stereocenters. The molecule has 138 valence electrons. The number of aryl methyl sites for hydroxylation is 1. The molecule has 8 heteroatoms. The number of piperidine rings is 1. The van der Waals surface area contributed by atoms with E-state index in [9.17, 15) is 4.79 Å². The van der Waals surface area contributed by atoms with Crippen molar-refractivity contribution in [2.24, 2.45) is 18.9 Å². The van der Waals surface area contributed by atoms with Crippen LogP contribution in [0.4, 0.5) is 10.6 Å². The fourth-order valence-corrected chi connectivity index (χ4v) is 4.42. The average Bonchev–Trinajstić information content (AvgIpc) is 2.99. The lowest BCUT2D eigenvalue weighted by atomic mass is 10.2. The molecule has 0 bridgehead atoms. The number of aromatic nitrogens is 3. The fourth-order valence-electron chi connectivity index (χ4n) is 4.23. The number of nitrogens with one attached hydrogen (secondary N) is 1. The number of fused-ring (bicyclic) bond motifs is 2. The Kier molecular flexibility index (Phi) is 3.55. The van der Waals surface area contributed by atoms with E-state index in [4.69, 9.17) is 21.7 Å². The molecule has 0 radical (unpaired) electrons. The number of carbonyl (C=O) groups is 1. The van der Waals surface area contributed by atoms with Gasteiger partial charge >= 0.3 is 6.09 Å². The summed E-state index contributed by atoms with van der Waals surface area (Å²) in [6.07, 6.45) is 0.720. The van der Waals surface area contributed by atoms with E-state index in [-0.39, 0.29) is 6.04 Å². The van der Waals surface area contributed by atoms with Crippen LogP contribution < -0.4 is 10.2 Å². The second-order valence-corrected chi connectivity index (χ2v) is 7.62. The summed E-state index contributed by atoms with van der Waals surface area (Å²) >= 11 is 6.45. The highest BCUT2D eigenvalue weighted by Crippen LogP contribution is 2.47. The minimum atomic E-state index is -0.949. The number of pyridine rings is 1. The zero-order valence-electron chi connectivity index (χ0n) is 14.6. The van der Waals surface area contributed by atoms with Gasteiger partial charge in [0.05, 0.1) is 16.1 Å². The Morgan fingerprint density at radius 1 is 1.30 bits per heavy atom. The van der Waals surface area contributed by atoms with Gasteiger partial charge in [0.1, 0.15) is 11.6 Å². The summed E-state index contributed by atoms with van der Waals surface area (Å²) in [5.41, 5.74) is 2.82. The third-order valence-corrected chi connectivity index (χ3v) is 5.98. The van der Waals surface area contributed by atoms with Gasteiger partial charge < -0.3 is 19.9 Å². The summed E-state index contributed by atoms with van der Waals surface area (Å²) in [6.45, 7) is 1.60. The number of benzene rings is 1. The molecule has 1 saturated heterocycles. The molecule has 1 saturated carbocycles. The number of halogens is 1. The number of imidazole rings is 1. The Balaban J connectivity index is 1.44. The standard InChI is InChI=1S/C19H18ClN5O2/c1-24-15-5-3-2-4-14(15)22-18(24)10-6-16(21-7-13(10)20)25-8-11-12(9-25)17(11)23-19(26)27/h2-7,11-12,17,23H,8-9H2,1H3,(H,26,27)/t11-,12+,17+. The number of anilines is 1. The lowest BCUT2D eigenvalue weighted by molar-refractivity contribution is 0.192. The Morgan fingerprint density at radius 3 is 2.74 bits per heavy atom. The molecule has 1 aliphatic heterocycles. The molecule has 5 rings (SSSR count). The van der Waals surface area contributed by atoms with Crippen LogP contribution in [0.5, 0.6) is 0 Å². The van der Waals surface area contributed by atoms with Gasteiger partial charge in [0.15, 0.2) is 0 Å². The molecule has 3 atom stereocenters. The molecule has 0 spiro atoms. The molecule has 3 heterocycles. The minimum Gasteiger partial charge on any atom is -0.465 e. The fraction of sp³-hybridized carbons (Fsp3) is 0.316. The molecule has 2 aromatic heterocycles. The van der Waals surface area contributed by atoms with Crippen LogP contribution in [0.1, 0.15) is 0 Å². The maximum atomic E-state index is 10.8. The van der Waals surface area contributed by atoms with E-state index < -0.39 is 6.09 Å². The van der Waals surface area contributed by atoms with Crippen LogP contribution >= 0.6 is 11.6 Å². The van der Waals surface area contributed by atoms with E-state index in [1.54, 1.807) is 6.20 Å². The van der Waals surface area contributed by atoms with Crippen LogP contribution in [0.2, 0.25) is 5.02 Å². The van der Waals surface area contributed by atoms with Crippen molar-refractivity contribution in [3.8, 4) is 11.4 Å². The third kappa shape index (κ3) is 2.61. The summed E-state index contributed by atoms with van der Waals surface area (Å²) in [4.78, 5) is 22.2. The van der Waals surface area contributed by atoms with Crippen molar-refractivity contribution in [3.63, 3.8) is 0 Å². The van der Waals surface area contributed by atoms with Crippen molar-refractivity contribution in [2.75, 3.05) is 18.0 Å². The van der Waals surface area contributed by atoms with Crippen LogP contribution in [0.3, 0.4) is 0 Å². The predicted octanol–water partition coefficient (Wildman–Crippen LogP) is 2.99. The number of carboxylic acid groups (broad SMARTS) is 1. The van der Waals surface area contributed by atoms with Gasteiger partial charge in [-0.25, -0.2) is 14.8 Å². The maximum Gasteiger partial charge on any atom is 0.404 e. The number of para-hydroxylation sites is 2. The van der Waals surface area contributed by atoms with Gasteiger partial charge in [0, 0.05) is 49.8 Å². The van der Waals surface area contributed by atoms with Crippen LogP contribution in [-0.4, -0.2) is 44.9 Å². The molecule has 7 nitrogen and oxygen atoms in total. The molecular weight excluding hydrogens is 366 g/mol. The van der Waals surface area contributed by atoms with Crippen molar-refractivity contribution < 1.29 is 9.90 Å². The molecule has 2 aliphatic rings. The molecule has 2 fully saturated rings. The van der Waals surface area contributed by atoms with Gasteiger partial charge in [0.25, 0.3) is 0 Å². The van der Waals surface area contributed by atoms with E-state index in [0.29, 0.717) is 16.9 Å². The molecule has 27 heavy (non-hydrogen) atoms.